The number of amides is 1. The van der Waals surface area contributed by atoms with Crippen molar-refractivity contribution in [3.05, 3.63) is 59.2 Å². The van der Waals surface area contributed by atoms with Gasteiger partial charge in [-0.05, 0) is 81.1 Å². The minimum absolute atomic E-state index is 0.143. The molecule has 1 N–H and O–H groups in total. The van der Waals surface area contributed by atoms with Crippen LogP contribution in [0.15, 0.2) is 47.4 Å². The molecule has 1 aliphatic heterocycles. The van der Waals surface area contributed by atoms with Crippen LogP contribution in [-0.2, 0) is 10.1 Å². The maximum atomic E-state index is 12.6. The highest BCUT2D eigenvalue weighted by Crippen LogP contribution is 2.23. The quantitative estimate of drug-likeness (QED) is 0.622. The minimum Gasteiger partial charge on any atom is -0.379 e. The molecule has 2 aromatic rings. The average molecular weight is 445 g/mol. The summed E-state index contributed by atoms with van der Waals surface area (Å²) in [6, 6.07) is 11.6. The number of nitrogens with zero attached hydrogens (tertiary/aromatic N) is 1. The van der Waals surface area contributed by atoms with Crippen LogP contribution in [0.2, 0.25) is 0 Å². The SMILES string of the molecule is CCCCN1CCC(NC(=O)c2ccc(OS(=O)(=O)c3cc(C)ccc3C)cc2)CC1. The summed E-state index contributed by atoms with van der Waals surface area (Å²) >= 11 is 0. The van der Waals surface area contributed by atoms with Crippen molar-refractivity contribution >= 4 is 16.0 Å². The molecule has 6 nitrogen and oxygen atoms in total. The smallest absolute Gasteiger partial charge is 0.339 e. The minimum atomic E-state index is -3.94. The largest absolute Gasteiger partial charge is 0.379 e. The predicted molar refractivity (Wildman–Crippen MR) is 122 cm³/mol. The third-order valence-electron chi connectivity index (χ3n) is 5.69. The summed E-state index contributed by atoms with van der Waals surface area (Å²) in [7, 11) is -3.94. The Morgan fingerprint density at radius 3 is 2.42 bits per heavy atom. The van der Waals surface area contributed by atoms with E-state index < -0.39 is 10.1 Å². The summed E-state index contributed by atoms with van der Waals surface area (Å²) in [5.74, 6) is 0.0395. The summed E-state index contributed by atoms with van der Waals surface area (Å²) in [5, 5.41) is 3.09. The van der Waals surface area contributed by atoms with Crippen molar-refractivity contribution in [1.82, 2.24) is 10.2 Å². The molecule has 1 aliphatic rings. The van der Waals surface area contributed by atoms with Crippen LogP contribution in [0.4, 0.5) is 0 Å². The van der Waals surface area contributed by atoms with E-state index in [2.05, 4.69) is 17.1 Å². The van der Waals surface area contributed by atoms with Crippen LogP contribution in [0, 0.1) is 13.8 Å². The van der Waals surface area contributed by atoms with E-state index in [1.807, 2.05) is 13.0 Å². The van der Waals surface area contributed by atoms with E-state index in [1.165, 1.54) is 25.0 Å². The molecule has 1 amide bonds. The molecule has 2 aromatic carbocycles. The highest BCUT2D eigenvalue weighted by molar-refractivity contribution is 7.87. The van der Waals surface area contributed by atoms with Crippen molar-refractivity contribution in [2.45, 2.75) is 57.4 Å². The molecule has 1 fully saturated rings. The van der Waals surface area contributed by atoms with Crippen LogP contribution in [0.5, 0.6) is 5.75 Å². The monoisotopic (exact) mass is 444 g/mol. The zero-order valence-corrected chi connectivity index (χ0v) is 19.4. The van der Waals surface area contributed by atoms with E-state index in [4.69, 9.17) is 4.18 Å². The first-order chi connectivity index (χ1) is 14.8. The van der Waals surface area contributed by atoms with Crippen LogP contribution < -0.4 is 9.50 Å². The van der Waals surface area contributed by atoms with Gasteiger partial charge in [0.1, 0.15) is 10.6 Å². The van der Waals surface area contributed by atoms with Crippen LogP contribution in [0.1, 0.15) is 54.1 Å². The number of likely N-dealkylation sites (tertiary alicyclic amines) is 1. The second-order valence-electron chi connectivity index (χ2n) is 8.27. The van der Waals surface area contributed by atoms with E-state index in [9.17, 15) is 13.2 Å². The Morgan fingerprint density at radius 1 is 1.10 bits per heavy atom. The van der Waals surface area contributed by atoms with Gasteiger partial charge in [-0.1, -0.05) is 25.5 Å². The molecule has 0 aromatic heterocycles. The normalized spacial score (nSPS) is 15.6. The lowest BCUT2D eigenvalue weighted by Crippen LogP contribution is -2.44. The topological polar surface area (TPSA) is 75.7 Å². The Labute approximate surface area is 185 Å². The van der Waals surface area contributed by atoms with Gasteiger partial charge >= 0.3 is 10.1 Å². The van der Waals surface area contributed by atoms with Gasteiger partial charge in [0.25, 0.3) is 5.91 Å². The lowest BCUT2D eigenvalue weighted by atomic mass is 10.0. The van der Waals surface area contributed by atoms with Crippen molar-refractivity contribution in [1.29, 1.82) is 0 Å². The van der Waals surface area contributed by atoms with Crippen LogP contribution in [-0.4, -0.2) is 44.9 Å². The van der Waals surface area contributed by atoms with Gasteiger partial charge in [-0.2, -0.15) is 8.42 Å². The van der Waals surface area contributed by atoms with Gasteiger partial charge < -0.3 is 14.4 Å². The number of hydrogen-bond donors (Lipinski definition) is 1. The third kappa shape index (κ3) is 6.31. The van der Waals surface area contributed by atoms with Gasteiger partial charge in [0.15, 0.2) is 0 Å². The van der Waals surface area contributed by atoms with Crippen LogP contribution in [0.25, 0.3) is 0 Å². The number of hydrogen-bond acceptors (Lipinski definition) is 5. The molecule has 0 bridgehead atoms. The maximum Gasteiger partial charge on any atom is 0.339 e. The number of nitrogens with one attached hydrogen (secondary N) is 1. The summed E-state index contributed by atoms with van der Waals surface area (Å²) in [6.45, 7) is 8.91. The summed E-state index contributed by atoms with van der Waals surface area (Å²) in [4.78, 5) is 15.2. The molecule has 0 unspecified atom stereocenters. The molecule has 0 atom stereocenters. The molecule has 1 heterocycles. The number of piperidine rings is 1. The van der Waals surface area contributed by atoms with Gasteiger partial charge in [-0.15, -0.1) is 0 Å². The highest BCUT2D eigenvalue weighted by Gasteiger charge is 2.22. The first kappa shape index (κ1) is 23.3. The van der Waals surface area contributed by atoms with Gasteiger partial charge in [-0.25, -0.2) is 0 Å². The Kier molecular flexibility index (Phi) is 7.73. The van der Waals surface area contributed by atoms with Crippen molar-refractivity contribution in [2.75, 3.05) is 19.6 Å². The fourth-order valence-electron chi connectivity index (χ4n) is 3.76. The van der Waals surface area contributed by atoms with Crippen molar-refractivity contribution < 1.29 is 17.4 Å². The zero-order chi connectivity index (χ0) is 22.4. The molecule has 168 valence electrons. The van der Waals surface area contributed by atoms with Crippen molar-refractivity contribution in [3.8, 4) is 5.75 Å². The number of benzene rings is 2. The lowest BCUT2D eigenvalue weighted by Gasteiger charge is -2.32. The molecule has 0 aliphatic carbocycles. The van der Waals surface area contributed by atoms with Crippen LogP contribution in [0.3, 0.4) is 0 Å². The molecule has 7 heteroatoms. The van der Waals surface area contributed by atoms with Crippen LogP contribution >= 0.6 is 0 Å². The average Bonchev–Trinajstić information content (AvgIpc) is 2.75. The van der Waals surface area contributed by atoms with E-state index in [0.29, 0.717) is 11.1 Å². The number of unbranched alkanes of at least 4 members (excludes halogenated alkanes) is 1. The molecule has 0 spiro atoms. The van der Waals surface area contributed by atoms with E-state index in [-0.39, 0.29) is 22.6 Å². The van der Waals surface area contributed by atoms with Gasteiger partial charge in [0.05, 0.1) is 0 Å². The van der Waals surface area contributed by atoms with E-state index in [1.54, 1.807) is 31.2 Å². The van der Waals surface area contributed by atoms with E-state index >= 15 is 0 Å². The second-order valence-corrected chi connectivity index (χ2v) is 9.79. The molecule has 31 heavy (non-hydrogen) atoms. The Morgan fingerprint density at radius 2 is 1.77 bits per heavy atom. The predicted octanol–water partition coefficient (Wildman–Crippen LogP) is 4.07. The lowest BCUT2D eigenvalue weighted by molar-refractivity contribution is 0.0911. The fraction of sp³-hybridized carbons (Fsp3) is 0.458. The van der Waals surface area contributed by atoms with E-state index in [0.717, 1.165) is 38.0 Å². The maximum absolute atomic E-state index is 12.6. The zero-order valence-electron chi connectivity index (χ0n) is 18.6. The number of rotatable bonds is 8. The fourth-order valence-corrected chi connectivity index (χ4v) is 5.01. The van der Waals surface area contributed by atoms with Crippen molar-refractivity contribution in [2.24, 2.45) is 0 Å². The second kappa shape index (κ2) is 10.3. The number of carbonyl (C=O) groups is 1. The first-order valence-corrected chi connectivity index (χ1v) is 12.3. The Hall–Kier alpha value is -2.38. The van der Waals surface area contributed by atoms with Crippen molar-refractivity contribution in [3.63, 3.8) is 0 Å². The highest BCUT2D eigenvalue weighted by atomic mass is 32.2. The summed E-state index contributed by atoms with van der Waals surface area (Å²) < 4.78 is 30.6. The molecular weight excluding hydrogens is 412 g/mol. The number of aryl methyl sites for hydroxylation is 2. The van der Waals surface area contributed by atoms with Gasteiger partial charge in [0.2, 0.25) is 0 Å². The molecule has 3 rings (SSSR count). The standard InChI is InChI=1S/C24H32N2O4S/c1-4-5-14-26-15-12-21(13-16-26)25-24(27)20-8-10-22(11-9-20)30-31(28,29)23-17-18(2)6-7-19(23)3/h6-11,17,21H,4-5,12-16H2,1-3H3,(H,25,27). The van der Waals surface area contributed by atoms with Gasteiger partial charge in [0, 0.05) is 24.7 Å². The van der Waals surface area contributed by atoms with Gasteiger partial charge in [-0.3, -0.25) is 4.79 Å². The Bertz CT molecular complexity index is 995. The molecule has 0 radical (unpaired) electrons. The molecule has 0 saturated carbocycles. The summed E-state index contributed by atoms with van der Waals surface area (Å²) in [5.41, 5.74) is 1.96. The molecule has 1 saturated heterocycles. The first-order valence-electron chi connectivity index (χ1n) is 10.9. The Balaban J connectivity index is 1.57. The third-order valence-corrected chi connectivity index (χ3v) is 7.08. The number of carbonyl (C=O) groups excluding carboxylic acids is 1. The molecular formula is C24H32N2O4S. The summed E-state index contributed by atoms with van der Waals surface area (Å²) in [6.07, 6.45) is 4.31.